The zero-order valence-electron chi connectivity index (χ0n) is 15.2. The number of hydrogen-bond acceptors (Lipinski definition) is 5. The van der Waals surface area contributed by atoms with Crippen molar-refractivity contribution in [2.75, 3.05) is 40.0 Å². The number of carboxylic acid groups (broad SMARTS) is 1. The number of carbonyl (C=O) groups is 1. The first kappa shape index (κ1) is 21.6. The molecular formula is C18H25F3N2O4. The van der Waals surface area contributed by atoms with Gasteiger partial charge < -0.3 is 19.5 Å². The van der Waals surface area contributed by atoms with Gasteiger partial charge in [-0.3, -0.25) is 4.98 Å². The van der Waals surface area contributed by atoms with Gasteiger partial charge in [-0.05, 0) is 30.9 Å². The molecule has 0 aromatic carbocycles. The Morgan fingerprint density at radius 1 is 1.44 bits per heavy atom. The summed E-state index contributed by atoms with van der Waals surface area (Å²) in [6, 6.07) is 4.20. The summed E-state index contributed by atoms with van der Waals surface area (Å²) < 4.78 is 43.1. The molecule has 3 rings (SSSR count). The molecule has 1 N–H and O–H groups in total. The van der Waals surface area contributed by atoms with Gasteiger partial charge in [-0.1, -0.05) is 6.07 Å². The topological polar surface area (TPSA) is 71.9 Å². The van der Waals surface area contributed by atoms with Gasteiger partial charge in [0.1, 0.15) is 0 Å². The quantitative estimate of drug-likeness (QED) is 0.852. The average molecular weight is 390 g/mol. The van der Waals surface area contributed by atoms with Gasteiger partial charge in [-0.25, -0.2) is 4.79 Å². The number of nitrogens with zero attached hydrogens (tertiary/aromatic N) is 2. The highest BCUT2D eigenvalue weighted by Gasteiger charge is 2.43. The number of alkyl halides is 3. The number of hydrogen-bond donors (Lipinski definition) is 1. The number of carboxylic acids is 1. The largest absolute Gasteiger partial charge is 0.490 e. The Bertz CT molecular complexity index is 590. The van der Waals surface area contributed by atoms with Crippen LogP contribution in [0.25, 0.3) is 0 Å². The molecule has 2 saturated heterocycles. The molecule has 9 heteroatoms. The summed E-state index contributed by atoms with van der Waals surface area (Å²) in [7, 11) is 1.77. The van der Waals surface area contributed by atoms with Crippen molar-refractivity contribution >= 4 is 5.97 Å². The number of pyridine rings is 1. The number of piperidine rings is 1. The minimum atomic E-state index is -5.08. The van der Waals surface area contributed by atoms with Crippen LogP contribution in [-0.4, -0.2) is 72.7 Å². The van der Waals surface area contributed by atoms with Crippen molar-refractivity contribution in [2.45, 2.75) is 37.0 Å². The Morgan fingerprint density at radius 3 is 2.63 bits per heavy atom. The van der Waals surface area contributed by atoms with Gasteiger partial charge in [-0.2, -0.15) is 13.2 Å². The van der Waals surface area contributed by atoms with Crippen molar-refractivity contribution < 1.29 is 32.5 Å². The van der Waals surface area contributed by atoms with Gasteiger partial charge in [0.15, 0.2) is 0 Å². The standard InChI is InChI=1S/C16H24N2O2.C2HF3O2/c1-19-10-9-18-7-4-16(5-8-18)11-15(13-20-16)14-3-2-6-17-12-14;3-2(4,5)1(6)7/h2-3,6,12,15H,4-5,7-11,13H2,1H3;(H,6,7). The molecule has 6 nitrogen and oxygen atoms in total. The molecule has 0 radical (unpaired) electrons. The van der Waals surface area contributed by atoms with Crippen molar-refractivity contribution in [3.63, 3.8) is 0 Å². The van der Waals surface area contributed by atoms with Gasteiger partial charge in [0, 0.05) is 45.1 Å². The van der Waals surface area contributed by atoms with E-state index >= 15 is 0 Å². The molecule has 27 heavy (non-hydrogen) atoms. The predicted octanol–water partition coefficient (Wildman–Crippen LogP) is 2.70. The number of halogens is 3. The Labute approximate surface area is 156 Å². The first-order valence-corrected chi connectivity index (χ1v) is 8.81. The van der Waals surface area contributed by atoms with Gasteiger partial charge in [0.25, 0.3) is 0 Å². The van der Waals surface area contributed by atoms with Crippen LogP contribution in [0.1, 0.15) is 30.7 Å². The molecule has 0 bridgehead atoms. The summed E-state index contributed by atoms with van der Waals surface area (Å²) in [4.78, 5) is 15.6. The van der Waals surface area contributed by atoms with Gasteiger partial charge in [0.2, 0.25) is 0 Å². The van der Waals surface area contributed by atoms with E-state index in [1.165, 1.54) is 5.56 Å². The first-order valence-electron chi connectivity index (χ1n) is 8.81. The monoisotopic (exact) mass is 390 g/mol. The molecule has 152 valence electrons. The van der Waals surface area contributed by atoms with Gasteiger partial charge in [0.05, 0.1) is 18.8 Å². The molecule has 3 heterocycles. The molecule has 2 fully saturated rings. The van der Waals surface area contributed by atoms with E-state index in [1.807, 2.05) is 18.5 Å². The van der Waals surface area contributed by atoms with Crippen molar-refractivity contribution in [2.24, 2.45) is 0 Å². The van der Waals surface area contributed by atoms with Crippen molar-refractivity contribution in [1.29, 1.82) is 0 Å². The van der Waals surface area contributed by atoms with Crippen LogP contribution in [0.15, 0.2) is 24.5 Å². The fourth-order valence-electron chi connectivity index (χ4n) is 3.43. The zero-order valence-corrected chi connectivity index (χ0v) is 15.2. The summed E-state index contributed by atoms with van der Waals surface area (Å²) >= 11 is 0. The lowest BCUT2D eigenvalue weighted by Crippen LogP contribution is -2.45. The molecule has 2 aliphatic heterocycles. The third kappa shape index (κ3) is 6.44. The molecular weight excluding hydrogens is 365 g/mol. The van der Waals surface area contributed by atoms with E-state index < -0.39 is 12.1 Å². The Balaban J connectivity index is 0.000000321. The van der Waals surface area contributed by atoms with Crippen LogP contribution in [0.4, 0.5) is 13.2 Å². The molecule has 0 saturated carbocycles. The van der Waals surface area contributed by atoms with Gasteiger partial charge in [-0.15, -0.1) is 0 Å². The van der Waals surface area contributed by atoms with E-state index in [2.05, 4.69) is 16.0 Å². The highest BCUT2D eigenvalue weighted by atomic mass is 19.4. The third-order valence-corrected chi connectivity index (χ3v) is 4.99. The number of ether oxygens (including phenoxy) is 2. The summed E-state index contributed by atoms with van der Waals surface area (Å²) in [6.45, 7) is 4.97. The van der Waals surface area contributed by atoms with E-state index in [0.717, 1.165) is 52.1 Å². The smallest absolute Gasteiger partial charge is 0.475 e. The summed E-state index contributed by atoms with van der Waals surface area (Å²) in [5.74, 6) is -2.23. The van der Waals surface area contributed by atoms with E-state index in [-0.39, 0.29) is 5.60 Å². The number of likely N-dealkylation sites (tertiary alicyclic amines) is 1. The lowest BCUT2D eigenvalue weighted by atomic mass is 9.83. The summed E-state index contributed by atoms with van der Waals surface area (Å²) in [6.07, 6.45) is 2.18. The van der Waals surface area contributed by atoms with Crippen molar-refractivity contribution in [3.05, 3.63) is 30.1 Å². The lowest BCUT2D eigenvalue weighted by Gasteiger charge is -2.38. The molecule has 1 aromatic rings. The van der Waals surface area contributed by atoms with E-state index in [4.69, 9.17) is 19.4 Å². The zero-order chi connectivity index (χ0) is 19.9. The molecule has 2 aliphatic rings. The molecule has 0 amide bonds. The van der Waals surface area contributed by atoms with Crippen molar-refractivity contribution in [1.82, 2.24) is 9.88 Å². The average Bonchev–Trinajstić information content (AvgIpc) is 3.06. The highest BCUT2D eigenvalue weighted by Crippen LogP contribution is 2.42. The molecule has 1 spiro atoms. The SMILES string of the molecule is COCCN1CCC2(CC1)CC(c1cccnc1)CO2.O=C(O)C(F)(F)F. The number of methoxy groups -OCH3 is 1. The number of aliphatic carboxylic acids is 1. The van der Waals surface area contributed by atoms with E-state index in [9.17, 15) is 13.2 Å². The van der Waals surface area contributed by atoms with Gasteiger partial charge >= 0.3 is 12.1 Å². The van der Waals surface area contributed by atoms with Crippen LogP contribution in [0.2, 0.25) is 0 Å². The number of rotatable bonds is 4. The maximum Gasteiger partial charge on any atom is 0.490 e. The molecule has 1 unspecified atom stereocenters. The number of aromatic nitrogens is 1. The second kappa shape index (κ2) is 9.48. The maximum absolute atomic E-state index is 10.6. The van der Waals surface area contributed by atoms with Crippen LogP contribution in [0, 0.1) is 0 Å². The molecule has 1 atom stereocenters. The van der Waals surface area contributed by atoms with Crippen LogP contribution < -0.4 is 0 Å². The van der Waals surface area contributed by atoms with Crippen LogP contribution in [-0.2, 0) is 14.3 Å². The highest BCUT2D eigenvalue weighted by molar-refractivity contribution is 5.73. The second-order valence-electron chi connectivity index (χ2n) is 6.82. The van der Waals surface area contributed by atoms with Crippen molar-refractivity contribution in [3.8, 4) is 0 Å². The molecule has 0 aliphatic carbocycles. The third-order valence-electron chi connectivity index (χ3n) is 4.99. The fraction of sp³-hybridized carbons (Fsp3) is 0.667. The maximum atomic E-state index is 10.6. The Kier molecular flexibility index (Phi) is 7.58. The van der Waals surface area contributed by atoms with Crippen LogP contribution in [0.3, 0.4) is 0 Å². The van der Waals surface area contributed by atoms with Crippen LogP contribution in [0.5, 0.6) is 0 Å². The lowest BCUT2D eigenvalue weighted by molar-refractivity contribution is -0.192. The van der Waals surface area contributed by atoms with Crippen LogP contribution >= 0.6 is 0 Å². The Morgan fingerprint density at radius 2 is 2.11 bits per heavy atom. The van der Waals surface area contributed by atoms with E-state index in [1.54, 1.807) is 7.11 Å². The second-order valence-corrected chi connectivity index (χ2v) is 6.82. The first-order chi connectivity index (χ1) is 12.8. The summed E-state index contributed by atoms with van der Waals surface area (Å²) in [5.41, 5.74) is 1.44. The minimum Gasteiger partial charge on any atom is -0.475 e. The van der Waals surface area contributed by atoms with E-state index in [0.29, 0.717) is 5.92 Å². The summed E-state index contributed by atoms with van der Waals surface area (Å²) in [5, 5.41) is 7.12. The fourth-order valence-corrected chi connectivity index (χ4v) is 3.43. The minimum absolute atomic E-state index is 0.115. The normalized spacial score (nSPS) is 22.3. The Hall–Kier alpha value is -1.71. The molecule has 1 aromatic heterocycles. The predicted molar refractivity (Wildman–Crippen MR) is 91.5 cm³/mol.